The Kier molecular flexibility index (Phi) is 4.16. The summed E-state index contributed by atoms with van der Waals surface area (Å²) in [4.78, 5) is 19.8. The minimum Gasteiger partial charge on any atom is -0.486 e. The molecule has 0 saturated carbocycles. The number of carbonyl (C=O) groups is 1. The van der Waals surface area contributed by atoms with Gasteiger partial charge in [-0.05, 0) is 38.5 Å². The molecule has 0 aliphatic carbocycles. The van der Waals surface area contributed by atoms with E-state index in [4.69, 9.17) is 9.47 Å². The molecule has 0 spiro atoms. The van der Waals surface area contributed by atoms with Gasteiger partial charge >= 0.3 is 0 Å². The van der Waals surface area contributed by atoms with Crippen molar-refractivity contribution in [2.45, 2.75) is 20.8 Å². The fourth-order valence-electron chi connectivity index (χ4n) is 3.22. The molecule has 3 aromatic rings. The number of aromatic nitrogens is 2. The van der Waals surface area contributed by atoms with Crippen LogP contribution < -0.4 is 14.8 Å². The summed E-state index contributed by atoms with van der Waals surface area (Å²) < 4.78 is 11.2. The van der Waals surface area contributed by atoms with Gasteiger partial charge in [-0.25, -0.2) is 4.98 Å². The van der Waals surface area contributed by atoms with E-state index in [0.717, 1.165) is 50.5 Å². The van der Waals surface area contributed by atoms with Crippen LogP contribution in [0.3, 0.4) is 0 Å². The summed E-state index contributed by atoms with van der Waals surface area (Å²) >= 11 is 1.51. The van der Waals surface area contributed by atoms with Crippen LogP contribution in [0, 0.1) is 13.8 Å². The highest BCUT2D eigenvalue weighted by atomic mass is 32.1. The molecule has 134 valence electrons. The van der Waals surface area contributed by atoms with Crippen molar-refractivity contribution in [1.29, 1.82) is 0 Å². The summed E-state index contributed by atoms with van der Waals surface area (Å²) in [6.45, 7) is 6.58. The number of nitrogens with one attached hydrogen (secondary N) is 2. The van der Waals surface area contributed by atoms with Crippen molar-refractivity contribution in [2.24, 2.45) is 0 Å². The number of Topliss-reactive ketones (excluding diaryl/α,β-unsaturated/α-hetero) is 1. The largest absolute Gasteiger partial charge is 0.486 e. The average molecular weight is 369 g/mol. The molecule has 0 fully saturated rings. The number of H-pyrrole nitrogens is 1. The van der Waals surface area contributed by atoms with Gasteiger partial charge in [0.15, 0.2) is 22.4 Å². The zero-order chi connectivity index (χ0) is 18.3. The molecule has 4 rings (SSSR count). The fraction of sp³-hybridized carbons (Fsp3) is 0.263. The Balaban J connectivity index is 1.59. The van der Waals surface area contributed by atoms with Gasteiger partial charge in [0.25, 0.3) is 0 Å². The molecule has 0 atom stereocenters. The maximum atomic E-state index is 11.8. The third-order valence-electron chi connectivity index (χ3n) is 4.34. The Labute approximate surface area is 155 Å². The number of benzene rings is 1. The van der Waals surface area contributed by atoms with Crippen molar-refractivity contribution in [3.63, 3.8) is 0 Å². The number of ketones is 1. The van der Waals surface area contributed by atoms with Gasteiger partial charge in [-0.3, -0.25) is 4.79 Å². The number of carbonyl (C=O) groups excluding carboxylic acids is 1. The lowest BCUT2D eigenvalue weighted by Gasteiger charge is -2.18. The van der Waals surface area contributed by atoms with Crippen LogP contribution in [0.5, 0.6) is 11.5 Å². The monoisotopic (exact) mass is 369 g/mol. The van der Waals surface area contributed by atoms with Crippen LogP contribution in [0.25, 0.3) is 11.4 Å². The van der Waals surface area contributed by atoms with Crippen LogP contribution in [-0.4, -0.2) is 29.0 Å². The van der Waals surface area contributed by atoms with Crippen molar-refractivity contribution < 1.29 is 14.3 Å². The van der Waals surface area contributed by atoms with Crippen LogP contribution in [0.2, 0.25) is 0 Å². The SMILES string of the molecule is CC(=O)c1c(C)[nH]c(-c2csc(Nc3ccc4c(c3)OCCO4)n2)c1C. The third kappa shape index (κ3) is 2.94. The minimum absolute atomic E-state index is 0.0624. The van der Waals surface area contributed by atoms with Crippen molar-refractivity contribution in [3.8, 4) is 22.9 Å². The maximum Gasteiger partial charge on any atom is 0.187 e. The summed E-state index contributed by atoms with van der Waals surface area (Å²) in [5.41, 5.74) is 5.15. The van der Waals surface area contributed by atoms with E-state index >= 15 is 0 Å². The Hall–Kier alpha value is -2.80. The zero-order valence-corrected chi connectivity index (χ0v) is 15.6. The molecule has 2 N–H and O–H groups in total. The highest BCUT2D eigenvalue weighted by molar-refractivity contribution is 7.14. The van der Waals surface area contributed by atoms with Crippen molar-refractivity contribution >= 4 is 27.9 Å². The number of aromatic amines is 1. The zero-order valence-electron chi connectivity index (χ0n) is 14.8. The molecule has 2 aromatic heterocycles. The van der Waals surface area contributed by atoms with E-state index < -0.39 is 0 Å². The number of fused-ring (bicyclic) bond motifs is 1. The fourth-order valence-corrected chi connectivity index (χ4v) is 3.95. The lowest BCUT2D eigenvalue weighted by atomic mass is 10.1. The molecule has 0 bridgehead atoms. The van der Waals surface area contributed by atoms with E-state index in [2.05, 4.69) is 15.3 Å². The van der Waals surface area contributed by atoms with E-state index in [-0.39, 0.29) is 5.78 Å². The predicted molar refractivity (Wildman–Crippen MR) is 102 cm³/mol. The number of hydrogen-bond donors (Lipinski definition) is 2. The molecule has 3 heterocycles. The van der Waals surface area contributed by atoms with E-state index in [1.54, 1.807) is 6.92 Å². The molecule has 1 aliphatic heterocycles. The summed E-state index contributed by atoms with van der Waals surface area (Å²) in [7, 11) is 0. The van der Waals surface area contributed by atoms with Crippen molar-refractivity contribution in [3.05, 3.63) is 40.4 Å². The smallest absolute Gasteiger partial charge is 0.187 e. The van der Waals surface area contributed by atoms with Gasteiger partial charge in [-0.2, -0.15) is 0 Å². The number of thiazole rings is 1. The molecule has 0 saturated heterocycles. The second kappa shape index (κ2) is 6.49. The van der Waals surface area contributed by atoms with Gasteiger partial charge in [0, 0.05) is 28.4 Å². The Bertz CT molecular complexity index is 990. The van der Waals surface area contributed by atoms with Crippen LogP contribution in [0.15, 0.2) is 23.6 Å². The summed E-state index contributed by atoms with van der Waals surface area (Å²) in [6, 6.07) is 5.74. The normalized spacial score (nSPS) is 12.9. The van der Waals surface area contributed by atoms with E-state index in [0.29, 0.717) is 13.2 Å². The number of ether oxygens (including phenoxy) is 2. The van der Waals surface area contributed by atoms with Gasteiger partial charge in [-0.1, -0.05) is 0 Å². The highest BCUT2D eigenvalue weighted by Gasteiger charge is 2.18. The number of aryl methyl sites for hydroxylation is 1. The Morgan fingerprint density at radius 2 is 2.00 bits per heavy atom. The molecular formula is C19H19N3O3S. The van der Waals surface area contributed by atoms with Crippen molar-refractivity contribution in [2.75, 3.05) is 18.5 Å². The molecule has 0 amide bonds. The Morgan fingerprint density at radius 1 is 1.23 bits per heavy atom. The van der Waals surface area contributed by atoms with Gasteiger partial charge in [-0.15, -0.1) is 11.3 Å². The second-order valence-electron chi connectivity index (χ2n) is 6.20. The van der Waals surface area contributed by atoms with E-state index in [1.165, 1.54) is 11.3 Å². The molecule has 1 aliphatic rings. The van der Waals surface area contributed by atoms with Crippen molar-refractivity contribution in [1.82, 2.24) is 9.97 Å². The lowest BCUT2D eigenvalue weighted by molar-refractivity contribution is 0.101. The quantitative estimate of drug-likeness (QED) is 0.664. The predicted octanol–water partition coefficient (Wildman–Crippen LogP) is 4.47. The molecule has 0 radical (unpaired) electrons. The average Bonchev–Trinajstić information content (AvgIpc) is 3.18. The number of rotatable bonds is 4. The van der Waals surface area contributed by atoms with Gasteiger partial charge < -0.3 is 19.8 Å². The number of nitrogens with zero attached hydrogens (tertiary/aromatic N) is 1. The minimum atomic E-state index is 0.0624. The van der Waals surface area contributed by atoms with Gasteiger partial charge in [0.2, 0.25) is 0 Å². The molecule has 0 unspecified atom stereocenters. The summed E-state index contributed by atoms with van der Waals surface area (Å²) in [5, 5.41) is 6.04. The third-order valence-corrected chi connectivity index (χ3v) is 5.10. The van der Waals surface area contributed by atoms with Crippen LogP contribution in [-0.2, 0) is 0 Å². The van der Waals surface area contributed by atoms with Gasteiger partial charge in [0.1, 0.15) is 18.9 Å². The van der Waals surface area contributed by atoms with E-state index in [1.807, 2.05) is 37.4 Å². The Morgan fingerprint density at radius 3 is 2.73 bits per heavy atom. The molecular weight excluding hydrogens is 350 g/mol. The standard InChI is InChI=1S/C19H19N3O3S/c1-10-17(12(3)23)11(2)20-18(10)14-9-26-19(22-14)21-13-4-5-15-16(8-13)25-7-6-24-15/h4-5,8-9,20H,6-7H2,1-3H3,(H,21,22). The molecule has 7 heteroatoms. The highest BCUT2D eigenvalue weighted by Crippen LogP contribution is 2.35. The first-order valence-electron chi connectivity index (χ1n) is 8.35. The lowest BCUT2D eigenvalue weighted by Crippen LogP contribution is -2.15. The topological polar surface area (TPSA) is 76.2 Å². The van der Waals surface area contributed by atoms with Crippen LogP contribution >= 0.6 is 11.3 Å². The molecule has 26 heavy (non-hydrogen) atoms. The van der Waals surface area contributed by atoms with Gasteiger partial charge in [0.05, 0.1) is 5.69 Å². The maximum absolute atomic E-state index is 11.8. The van der Waals surface area contributed by atoms with Crippen LogP contribution in [0.4, 0.5) is 10.8 Å². The number of hydrogen-bond acceptors (Lipinski definition) is 6. The first kappa shape index (κ1) is 16.7. The van der Waals surface area contributed by atoms with E-state index in [9.17, 15) is 4.79 Å². The summed E-state index contributed by atoms with van der Waals surface area (Å²) in [5.74, 6) is 1.56. The van der Waals surface area contributed by atoms with Crippen LogP contribution in [0.1, 0.15) is 28.5 Å². The first-order valence-corrected chi connectivity index (χ1v) is 9.23. The molecule has 1 aromatic carbocycles. The first-order chi connectivity index (χ1) is 12.5. The number of anilines is 2. The molecule has 6 nitrogen and oxygen atoms in total. The second-order valence-corrected chi connectivity index (χ2v) is 7.06. The summed E-state index contributed by atoms with van der Waals surface area (Å²) in [6.07, 6.45) is 0.